The molecular formula is C14H17N3O2. The number of hydrogen-bond donors (Lipinski definition) is 1. The van der Waals surface area contributed by atoms with Gasteiger partial charge in [-0.2, -0.15) is 5.10 Å². The Morgan fingerprint density at radius 3 is 2.89 bits per heavy atom. The van der Waals surface area contributed by atoms with Gasteiger partial charge in [-0.15, -0.1) is 0 Å². The highest BCUT2D eigenvalue weighted by Crippen LogP contribution is 2.23. The number of para-hydroxylation sites is 2. The van der Waals surface area contributed by atoms with E-state index < -0.39 is 0 Å². The van der Waals surface area contributed by atoms with Crippen molar-refractivity contribution in [2.75, 3.05) is 12.4 Å². The Morgan fingerprint density at radius 2 is 2.21 bits per heavy atom. The number of methoxy groups -OCH3 is 1. The number of anilines is 1. The molecule has 0 aliphatic carbocycles. The number of carbonyl (C=O) groups excluding carboxylic acids is 1. The predicted octanol–water partition coefficient (Wildman–Crippen LogP) is 2.48. The van der Waals surface area contributed by atoms with Gasteiger partial charge >= 0.3 is 0 Å². The lowest BCUT2D eigenvalue weighted by atomic mass is 10.2. The number of rotatable bonds is 5. The van der Waals surface area contributed by atoms with Crippen molar-refractivity contribution < 1.29 is 9.53 Å². The first-order chi connectivity index (χ1) is 9.20. The fourth-order valence-electron chi connectivity index (χ4n) is 1.85. The molecule has 0 fully saturated rings. The molecule has 0 saturated carbocycles. The maximum atomic E-state index is 12.0. The first-order valence-corrected chi connectivity index (χ1v) is 6.12. The van der Waals surface area contributed by atoms with Crippen molar-refractivity contribution >= 4 is 11.6 Å². The quantitative estimate of drug-likeness (QED) is 0.897. The molecule has 19 heavy (non-hydrogen) atoms. The van der Waals surface area contributed by atoms with Gasteiger partial charge in [-0.1, -0.05) is 12.1 Å². The van der Waals surface area contributed by atoms with Gasteiger partial charge in [0.25, 0.3) is 0 Å². The summed E-state index contributed by atoms with van der Waals surface area (Å²) >= 11 is 0. The summed E-state index contributed by atoms with van der Waals surface area (Å²) in [6.07, 6.45) is 3.91. The molecule has 1 aromatic heterocycles. The monoisotopic (exact) mass is 259 g/mol. The van der Waals surface area contributed by atoms with Gasteiger partial charge in [0.15, 0.2) is 0 Å². The molecule has 2 rings (SSSR count). The van der Waals surface area contributed by atoms with Crippen molar-refractivity contribution in [2.24, 2.45) is 0 Å². The van der Waals surface area contributed by atoms with Crippen LogP contribution in [0.5, 0.6) is 5.75 Å². The summed E-state index contributed by atoms with van der Waals surface area (Å²) in [6.45, 7) is 1.95. The molecule has 1 unspecified atom stereocenters. The Hall–Kier alpha value is -2.30. The summed E-state index contributed by atoms with van der Waals surface area (Å²) in [6, 6.07) is 9.21. The van der Waals surface area contributed by atoms with Crippen molar-refractivity contribution in [1.82, 2.24) is 9.78 Å². The van der Waals surface area contributed by atoms with Gasteiger partial charge in [-0.3, -0.25) is 9.48 Å². The molecule has 2 aromatic rings. The van der Waals surface area contributed by atoms with Crippen molar-refractivity contribution in [2.45, 2.75) is 19.4 Å². The minimum atomic E-state index is -0.0625. The lowest BCUT2D eigenvalue weighted by Crippen LogP contribution is -2.18. The normalized spacial score (nSPS) is 11.9. The number of nitrogens with one attached hydrogen (secondary N) is 1. The van der Waals surface area contributed by atoms with Gasteiger partial charge in [0.05, 0.1) is 18.8 Å². The van der Waals surface area contributed by atoms with Gasteiger partial charge in [-0.05, 0) is 25.1 Å². The van der Waals surface area contributed by atoms with E-state index >= 15 is 0 Å². The fourth-order valence-corrected chi connectivity index (χ4v) is 1.85. The van der Waals surface area contributed by atoms with Crippen LogP contribution in [0.2, 0.25) is 0 Å². The number of hydrogen-bond acceptors (Lipinski definition) is 3. The SMILES string of the molecule is COc1ccccc1NC(=O)CC(C)n1cccn1. The minimum Gasteiger partial charge on any atom is -0.495 e. The number of nitrogens with zero attached hydrogens (tertiary/aromatic N) is 2. The third kappa shape index (κ3) is 3.34. The van der Waals surface area contributed by atoms with Gasteiger partial charge in [0.1, 0.15) is 5.75 Å². The topological polar surface area (TPSA) is 56.1 Å². The second-order valence-electron chi connectivity index (χ2n) is 4.29. The van der Waals surface area contributed by atoms with E-state index in [0.29, 0.717) is 17.9 Å². The molecule has 0 spiro atoms. The number of carbonyl (C=O) groups is 1. The van der Waals surface area contributed by atoms with Crippen LogP contribution >= 0.6 is 0 Å². The third-order valence-electron chi connectivity index (χ3n) is 2.84. The van der Waals surface area contributed by atoms with E-state index in [0.717, 1.165) is 0 Å². The molecule has 1 heterocycles. The number of benzene rings is 1. The molecule has 1 amide bonds. The molecule has 100 valence electrons. The summed E-state index contributed by atoms with van der Waals surface area (Å²) < 4.78 is 6.96. The van der Waals surface area contributed by atoms with Crippen LogP contribution in [0.3, 0.4) is 0 Å². The average Bonchev–Trinajstić information content (AvgIpc) is 2.93. The zero-order valence-electron chi connectivity index (χ0n) is 11.0. The van der Waals surface area contributed by atoms with Crippen molar-refractivity contribution in [3.63, 3.8) is 0 Å². The van der Waals surface area contributed by atoms with Gasteiger partial charge in [0.2, 0.25) is 5.91 Å². The molecule has 0 radical (unpaired) electrons. The van der Waals surface area contributed by atoms with Crippen LogP contribution < -0.4 is 10.1 Å². The van der Waals surface area contributed by atoms with Crippen molar-refractivity contribution in [3.05, 3.63) is 42.7 Å². The highest BCUT2D eigenvalue weighted by molar-refractivity contribution is 5.92. The second-order valence-corrected chi connectivity index (χ2v) is 4.29. The molecule has 0 saturated heterocycles. The molecule has 5 heteroatoms. The lowest BCUT2D eigenvalue weighted by molar-refractivity contribution is -0.116. The predicted molar refractivity (Wildman–Crippen MR) is 73.2 cm³/mol. The van der Waals surface area contributed by atoms with Crippen LogP contribution in [0.25, 0.3) is 0 Å². The summed E-state index contributed by atoms with van der Waals surface area (Å²) in [5.41, 5.74) is 0.683. The lowest BCUT2D eigenvalue weighted by Gasteiger charge is -2.13. The Kier molecular flexibility index (Phi) is 4.18. The molecule has 0 bridgehead atoms. The molecule has 1 atom stereocenters. The zero-order chi connectivity index (χ0) is 13.7. The van der Waals surface area contributed by atoms with Crippen LogP contribution in [0.1, 0.15) is 19.4 Å². The smallest absolute Gasteiger partial charge is 0.226 e. The summed E-state index contributed by atoms with van der Waals surface area (Å²) in [5, 5.41) is 6.97. The molecule has 1 N–H and O–H groups in total. The van der Waals surface area contributed by atoms with E-state index in [-0.39, 0.29) is 11.9 Å². The average molecular weight is 259 g/mol. The van der Waals surface area contributed by atoms with E-state index in [1.807, 2.05) is 43.5 Å². The second kappa shape index (κ2) is 6.04. The van der Waals surface area contributed by atoms with Gasteiger partial charge in [-0.25, -0.2) is 0 Å². The van der Waals surface area contributed by atoms with Crippen LogP contribution in [0.15, 0.2) is 42.7 Å². The third-order valence-corrected chi connectivity index (χ3v) is 2.84. The maximum Gasteiger partial charge on any atom is 0.226 e. The molecular weight excluding hydrogens is 242 g/mol. The highest BCUT2D eigenvalue weighted by atomic mass is 16.5. The van der Waals surface area contributed by atoms with Crippen molar-refractivity contribution in [3.8, 4) is 5.75 Å². The van der Waals surface area contributed by atoms with Crippen molar-refractivity contribution in [1.29, 1.82) is 0 Å². The number of aromatic nitrogens is 2. The van der Waals surface area contributed by atoms with Crippen LogP contribution in [-0.2, 0) is 4.79 Å². The fraction of sp³-hybridized carbons (Fsp3) is 0.286. The highest BCUT2D eigenvalue weighted by Gasteiger charge is 2.12. The first kappa shape index (κ1) is 13.1. The number of amides is 1. The van der Waals surface area contributed by atoms with Gasteiger partial charge < -0.3 is 10.1 Å². The van der Waals surface area contributed by atoms with E-state index in [2.05, 4.69) is 10.4 Å². The summed E-state index contributed by atoms with van der Waals surface area (Å²) in [4.78, 5) is 12.0. The number of ether oxygens (including phenoxy) is 1. The van der Waals surface area contributed by atoms with E-state index in [4.69, 9.17) is 4.74 Å². The van der Waals surface area contributed by atoms with Crippen LogP contribution in [0.4, 0.5) is 5.69 Å². The minimum absolute atomic E-state index is 0.0182. The standard InChI is InChI=1S/C14H17N3O2/c1-11(17-9-5-8-15-17)10-14(18)16-12-6-3-4-7-13(12)19-2/h3-9,11H,10H2,1-2H3,(H,16,18). The summed E-state index contributed by atoms with van der Waals surface area (Å²) in [7, 11) is 1.58. The molecule has 5 nitrogen and oxygen atoms in total. The van der Waals surface area contributed by atoms with E-state index in [9.17, 15) is 4.79 Å². The Bertz CT molecular complexity index is 537. The van der Waals surface area contributed by atoms with Crippen LogP contribution in [-0.4, -0.2) is 22.8 Å². The zero-order valence-corrected chi connectivity index (χ0v) is 11.0. The Balaban J connectivity index is 1.98. The Labute approximate surface area is 112 Å². The Morgan fingerprint density at radius 1 is 1.42 bits per heavy atom. The molecule has 0 aliphatic rings. The first-order valence-electron chi connectivity index (χ1n) is 6.12. The maximum absolute atomic E-state index is 12.0. The van der Waals surface area contributed by atoms with Gasteiger partial charge in [0, 0.05) is 18.8 Å². The largest absolute Gasteiger partial charge is 0.495 e. The molecule has 1 aromatic carbocycles. The van der Waals surface area contributed by atoms with E-state index in [1.165, 1.54) is 0 Å². The van der Waals surface area contributed by atoms with E-state index in [1.54, 1.807) is 18.0 Å². The van der Waals surface area contributed by atoms with Crippen LogP contribution in [0, 0.1) is 0 Å². The molecule has 0 aliphatic heterocycles. The summed E-state index contributed by atoms with van der Waals surface area (Å²) in [5.74, 6) is 0.593.